The first-order valence-electron chi connectivity index (χ1n) is 4.49. The second-order valence-electron chi connectivity index (χ2n) is 2.96. The van der Waals surface area contributed by atoms with E-state index in [1.807, 2.05) is 0 Å². The van der Waals surface area contributed by atoms with Crippen LogP contribution in [0.15, 0.2) is 18.2 Å². The summed E-state index contributed by atoms with van der Waals surface area (Å²) in [5.74, 6) is -2.31. The standard InChI is InChI=1S/C10H11NO5/c11-3-4-16-8-5-6(9(12)13)1-2-7(8)10(14)15/h1-2,5H,3-4,11H2,(H,12,13)(H,14,15). The third-order valence-electron chi connectivity index (χ3n) is 1.83. The van der Waals surface area contributed by atoms with Gasteiger partial charge in [-0.15, -0.1) is 0 Å². The molecular formula is C10H11NO5. The van der Waals surface area contributed by atoms with Crippen LogP contribution in [0.3, 0.4) is 0 Å². The van der Waals surface area contributed by atoms with E-state index in [0.29, 0.717) is 0 Å². The van der Waals surface area contributed by atoms with Crippen molar-refractivity contribution in [3.05, 3.63) is 29.3 Å². The van der Waals surface area contributed by atoms with Gasteiger partial charge in [0.05, 0.1) is 5.56 Å². The molecule has 6 heteroatoms. The van der Waals surface area contributed by atoms with Crippen molar-refractivity contribution in [2.75, 3.05) is 13.2 Å². The molecule has 1 aromatic rings. The molecule has 0 radical (unpaired) electrons. The molecule has 16 heavy (non-hydrogen) atoms. The van der Waals surface area contributed by atoms with Gasteiger partial charge in [-0.3, -0.25) is 0 Å². The summed E-state index contributed by atoms with van der Waals surface area (Å²) in [5.41, 5.74) is 5.10. The maximum absolute atomic E-state index is 10.8. The van der Waals surface area contributed by atoms with Gasteiger partial charge in [0.2, 0.25) is 0 Å². The molecule has 0 aliphatic heterocycles. The Morgan fingerprint density at radius 1 is 1.25 bits per heavy atom. The fourth-order valence-electron chi connectivity index (χ4n) is 1.12. The van der Waals surface area contributed by atoms with Crippen molar-refractivity contribution in [2.24, 2.45) is 5.73 Å². The summed E-state index contributed by atoms with van der Waals surface area (Å²) in [7, 11) is 0. The van der Waals surface area contributed by atoms with Crippen LogP contribution in [0.2, 0.25) is 0 Å². The van der Waals surface area contributed by atoms with E-state index >= 15 is 0 Å². The molecule has 1 aromatic carbocycles. The molecule has 0 saturated carbocycles. The van der Waals surface area contributed by atoms with Gasteiger partial charge in [-0.25, -0.2) is 9.59 Å². The zero-order valence-electron chi connectivity index (χ0n) is 8.34. The van der Waals surface area contributed by atoms with Crippen LogP contribution in [0.1, 0.15) is 20.7 Å². The van der Waals surface area contributed by atoms with Crippen LogP contribution in [0.25, 0.3) is 0 Å². The van der Waals surface area contributed by atoms with Gasteiger partial charge in [0.25, 0.3) is 0 Å². The lowest BCUT2D eigenvalue weighted by Gasteiger charge is -2.08. The number of aromatic carboxylic acids is 2. The largest absolute Gasteiger partial charge is 0.491 e. The molecule has 0 spiro atoms. The number of hydrogen-bond acceptors (Lipinski definition) is 4. The lowest BCUT2D eigenvalue weighted by Crippen LogP contribution is -2.13. The van der Waals surface area contributed by atoms with Crippen molar-refractivity contribution in [1.82, 2.24) is 0 Å². The Morgan fingerprint density at radius 2 is 1.94 bits per heavy atom. The normalized spacial score (nSPS) is 9.81. The summed E-state index contributed by atoms with van der Waals surface area (Å²) < 4.78 is 5.07. The molecule has 0 saturated heterocycles. The van der Waals surface area contributed by atoms with E-state index in [-0.39, 0.29) is 30.0 Å². The lowest BCUT2D eigenvalue weighted by molar-refractivity contribution is 0.0677. The van der Waals surface area contributed by atoms with Crippen LogP contribution in [-0.4, -0.2) is 35.3 Å². The van der Waals surface area contributed by atoms with Gasteiger partial charge in [-0.1, -0.05) is 0 Å². The van der Waals surface area contributed by atoms with Crippen molar-refractivity contribution in [3.8, 4) is 5.75 Å². The van der Waals surface area contributed by atoms with Crippen LogP contribution in [0, 0.1) is 0 Å². The van der Waals surface area contributed by atoms with Crippen LogP contribution >= 0.6 is 0 Å². The van der Waals surface area contributed by atoms with E-state index in [2.05, 4.69) is 0 Å². The average molecular weight is 225 g/mol. The zero-order chi connectivity index (χ0) is 12.1. The molecule has 0 aliphatic carbocycles. The molecule has 4 N–H and O–H groups in total. The third kappa shape index (κ3) is 2.71. The number of nitrogens with two attached hydrogens (primary N) is 1. The average Bonchev–Trinajstić information content (AvgIpc) is 2.25. The van der Waals surface area contributed by atoms with Crippen molar-refractivity contribution < 1.29 is 24.5 Å². The Balaban J connectivity index is 3.10. The van der Waals surface area contributed by atoms with Gasteiger partial charge < -0.3 is 20.7 Å². The number of ether oxygens (including phenoxy) is 1. The lowest BCUT2D eigenvalue weighted by atomic mass is 10.1. The summed E-state index contributed by atoms with van der Waals surface area (Å²) in [5, 5.41) is 17.6. The molecule has 0 unspecified atom stereocenters. The van der Waals surface area contributed by atoms with Crippen molar-refractivity contribution in [3.63, 3.8) is 0 Å². The monoisotopic (exact) mass is 225 g/mol. The second kappa shape index (κ2) is 5.13. The van der Waals surface area contributed by atoms with Crippen LogP contribution in [-0.2, 0) is 0 Å². The summed E-state index contributed by atoms with van der Waals surface area (Å²) >= 11 is 0. The molecule has 0 fully saturated rings. The topological polar surface area (TPSA) is 110 Å². The quantitative estimate of drug-likeness (QED) is 0.669. The van der Waals surface area contributed by atoms with E-state index in [1.54, 1.807) is 0 Å². The molecule has 1 rings (SSSR count). The zero-order valence-corrected chi connectivity index (χ0v) is 8.34. The maximum atomic E-state index is 10.8. The Morgan fingerprint density at radius 3 is 2.44 bits per heavy atom. The Labute approximate surface area is 91.3 Å². The number of hydrogen-bond donors (Lipinski definition) is 3. The number of benzene rings is 1. The fourth-order valence-corrected chi connectivity index (χ4v) is 1.12. The van der Waals surface area contributed by atoms with E-state index in [0.717, 1.165) is 0 Å². The fraction of sp³-hybridized carbons (Fsp3) is 0.200. The predicted molar refractivity (Wildman–Crippen MR) is 54.9 cm³/mol. The number of carbonyl (C=O) groups is 2. The van der Waals surface area contributed by atoms with Gasteiger partial charge in [0, 0.05) is 6.54 Å². The Hall–Kier alpha value is -2.08. The van der Waals surface area contributed by atoms with Crippen LogP contribution in [0.4, 0.5) is 0 Å². The van der Waals surface area contributed by atoms with E-state index < -0.39 is 11.9 Å². The van der Waals surface area contributed by atoms with Crippen molar-refractivity contribution >= 4 is 11.9 Å². The Bertz CT molecular complexity index is 416. The number of rotatable bonds is 5. The molecular weight excluding hydrogens is 214 g/mol. The molecule has 0 aliphatic rings. The summed E-state index contributed by atoms with van der Waals surface area (Å²) in [4.78, 5) is 21.5. The summed E-state index contributed by atoms with van der Waals surface area (Å²) in [6.07, 6.45) is 0. The van der Waals surface area contributed by atoms with Crippen molar-refractivity contribution in [2.45, 2.75) is 0 Å². The Kier molecular flexibility index (Phi) is 3.84. The predicted octanol–water partition coefficient (Wildman–Crippen LogP) is 0.420. The first-order chi connectivity index (χ1) is 7.56. The highest BCUT2D eigenvalue weighted by Gasteiger charge is 2.14. The molecule has 0 atom stereocenters. The molecule has 0 amide bonds. The maximum Gasteiger partial charge on any atom is 0.339 e. The highest BCUT2D eigenvalue weighted by atomic mass is 16.5. The van der Waals surface area contributed by atoms with Gasteiger partial charge in [0.15, 0.2) is 0 Å². The van der Waals surface area contributed by atoms with Gasteiger partial charge in [-0.05, 0) is 18.2 Å². The minimum absolute atomic E-state index is 0.0119. The molecule has 86 valence electrons. The third-order valence-corrected chi connectivity index (χ3v) is 1.83. The minimum atomic E-state index is -1.18. The highest BCUT2D eigenvalue weighted by molar-refractivity contribution is 5.94. The summed E-state index contributed by atoms with van der Waals surface area (Å²) in [6.45, 7) is 0.347. The first kappa shape index (κ1) is 12.0. The molecule has 0 aromatic heterocycles. The van der Waals surface area contributed by atoms with Gasteiger partial charge >= 0.3 is 11.9 Å². The minimum Gasteiger partial charge on any atom is -0.491 e. The van der Waals surface area contributed by atoms with E-state index in [4.69, 9.17) is 20.7 Å². The first-order valence-corrected chi connectivity index (χ1v) is 4.49. The SMILES string of the molecule is NCCOc1cc(C(=O)O)ccc1C(=O)O. The second-order valence-corrected chi connectivity index (χ2v) is 2.96. The van der Waals surface area contributed by atoms with E-state index in [1.165, 1.54) is 18.2 Å². The summed E-state index contributed by atoms with van der Waals surface area (Å²) in [6, 6.07) is 3.57. The van der Waals surface area contributed by atoms with Gasteiger partial charge in [0.1, 0.15) is 17.9 Å². The molecule has 6 nitrogen and oxygen atoms in total. The number of carboxylic acid groups (broad SMARTS) is 2. The molecule has 0 heterocycles. The smallest absolute Gasteiger partial charge is 0.339 e. The molecule has 0 bridgehead atoms. The van der Waals surface area contributed by atoms with Crippen molar-refractivity contribution in [1.29, 1.82) is 0 Å². The number of carboxylic acids is 2. The van der Waals surface area contributed by atoms with Gasteiger partial charge in [-0.2, -0.15) is 0 Å². The highest BCUT2D eigenvalue weighted by Crippen LogP contribution is 2.20. The van der Waals surface area contributed by atoms with E-state index in [9.17, 15) is 9.59 Å². The van der Waals surface area contributed by atoms with Crippen LogP contribution < -0.4 is 10.5 Å². The van der Waals surface area contributed by atoms with Crippen LogP contribution in [0.5, 0.6) is 5.75 Å².